The van der Waals surface area contributed by atoms with Crippen molar-refractivity contribution in [1.29, 1.82) is 5.26 Å². The van der Waals surface area contributed by atoms with Crippen LogP contribution in [0, 0.1) is 11.3 Å². The molecule has 5 nitrogen and oxygen atoms in total. The van der Waals surface area contributed by atoms with Gasteiger partial charge < -0.3 is 10.2 Å². The fraction of sp³-hybridized carbons (Fsp3) is 0.583. The van der Waals surface area contributed by atoms with Crippen LogP contribution in [0.1, 0.15) is 25.3 Å². The van der Waals surface area contributed by atoms with E-state index in [1.165, 1.54) is 13.0 Å². The summed E-state index contributed by atoms with van der Waals surface area (Å²) in [5, 5.41) is 20.1. The Hall–Kier alpha value is -1.67. The summed E-state index contributed by atoms with van der Waals surface area (Å²) in [6, 6.07) is 4.19. The molecule has 1 aliphatic heterocycles. The molecule has 5 heteroatoms. The van der Waals surface area contributed by atoms with Crippen LogP contribution in [-0.2, 0) is 0 Å². The van der Waals surface area contributed by atoms with Crippen LogP contribution in [0.5, 0.6) is 0 Å². The molecule has 1 fully saturated rings. The molecule has 1 saturated heterocycles. The van der Waals surface area contributed by atoms with Gasteiger partial charge >= 0.3 is 0 Å². The van der Waals surface area contributed by atoms with Crippen molar-refractivity contribution in [1.82, 2.24) is 15.1 Å². The second-order valence-electron chi connectivity index (χ2n) is 4.28. The van der Waals surface area contributed by atoms with Crippen LogP contribution in [-0.4, -0.2) is 40.8 Å². The third-order valence-electron chi connectivity index (χ3n) is 3.13. The summed E-state index contributed by atoms with van der Waals surface area (Å²) in [7, 11) is 0. The first-order valence-corrected chi connectivity index (χ1v) is 6.04. The monoisotopic (exact) mass is 231 g/mol. The molecule has 1 unspecified atom stereocenters. The molecule has 17 heavy (non-hydrogen) atoms. The highest BCUT2D eigenvalue weighted by molar-refractivity contribution is 5.50. The van der Waals surface area contributed by atoms with E-state index in [0.717, 1.165) is 19.5 Å². The summed E-state index contributed by atoms with van der Waals surface area (Å²) in [6.07, 6.45) is 3.86. The number of likely N-dealkylation sites (N-methyl/N-ethyl adjacent to an activating group) is 1. The zero-order chi connectivity index (χ0) is 12.1. The van der Waals surface area contributed by atoms with Crippen molar-refractivity contribution in [3.05, 3.63) is 17.8 Å². The number of piperidine rings is 1. The first-order chi connectivity index (χ1) is 8.33. The van der Waals surface area contributed by atoms with Gasteiger partial charge in [0.15, 0.2) is 5.82 Å². The molecule has 1 aromatic heterocycles. The molecule has 0 aromatic carbocycles. The van der Waals surface area contributed by atoms with Crippen molar-refractivity contribution < 1.29 is 0 Å². The van der Waals surface area contributed by atoms with Gasteiger partial charge in [-0.15, -0.1) is 5.10 Å². The van der Waals surface area contributed by atoms with E-state index in [-0.39, 0.29) is 0 Å². The summed E-state index contributed by atoms with van der Waals surface area (Å²) >= 11 is 0. The predicted molar refractivity (Wildman–Crippen MR) is 65.5 cm³/mol. The fourth-order valence-corrected chi connectivity index (χ4v) is 2.18. The van der Waals surface area contributed by atoms with Crippen molar-refractivity contribution in [3.8, 4) is 6.07 Å². The second kappa shape index (κ2) is 5.60. The predicted octanol–water partition coefficient (Wildman–Crippen LogP) is 1.24. The van der Waals surface area contributed by atoms with E-state index in [9.17, 15) is 0 Å². The van der Waals surface area contributed by atoms with Crippen LogP contribution in [0.2, 0.25) is 0 Å². The van der Waals surface area contributed by atoms with Gasteiger partial charge in [-0.05, 0) is 32.0 Å². The van der Waals surface area contributed by atoms with Crippen molar-refractivity contribution in [3.63, 3.8) is 0 Å². The number of hydrogen-bond donors (Lipinski definition) is 1. The SMILES string of the molecule is CCN1CCCC(Nc2nnccc2C#N)C1. The van der Waals surface area contributed by atoms with Crippen LogP contribution in [0.25, 0.3) is 0 Å². The van der Waals surface area contributed by atoms with Gasteiger partial charge in [-0.1, -0.05) is 6.92 Å². The molecule has 0 radical (unpaired) electrons. The van der Waals surface area contributed by atoms with Gasteiger partial charge in [0.05, 0.1) is 11.8 Å². The smallest absolute Gasteiger partial charge is 0.166 e. The fourth-order valence-electron chi connectivity index (χ4n) is 2.18. The molecule has 0 amide bonds. The molecule has 0 spiro atoms. The lowest BCUT2D eigenvalue weighted by molar-refractivity contribution is 0.226. The third kappa shape index (κ3) is 2.92. The van der Waals surface area contributed by atoms with E-state index >= 15 is 0 Å². The van der Waals surface area contributed by atoms with Gasteiger partial charge in [0.25, 0.3) is 0 Å². The zero-order valence-corrected chi connectivity index (χ0v) is 10.1. The number of aromatic nitrogens is 2. The van der Waals surface area contributed by atoms with E-state index < -0.39 is 0 Å². The highest BCUT2D eigenvalue weighted by Crippen LogP contribution is 2.16. The number of nitrogens with zero attached hydrogens (tertiary/aromatic N) is 4. The number of hydrogen-bond acceptors (Lipinski definition) is 5. The molecule has 0 aliphatic carbocycles. The van der Waals surface area contributed by atoms with Crippen molar-refractivity contribution >= 4 is 5.82 Å². The Kier molecular flexibility index (Phi) is 3.89. The van der Waals surface area contributed by atoms with E-state index in [4.69, 9.17) is 5.26 Å². The van der Waals surface area contributed by atoms with E-state index in [1.807, 2.05) is 0 Å². The zero-order valence-electron chi connectivity index (χ0n) is 10.1. The van der Waals surface area contributed by atoms with Crippen LogP contribution in [0.4, 0.5) is 5.82 Å². The summed E-state index contributed by atoms with van der Waals surface area (Å²) in [4.78, 5) is 2.41. The number of nitriles is 1. The highest BCUT2D eigenvalue weighted by atomic mass is 15.2. The Balaban J connectivity index is 2.03. The molecule has 0 saturated carbocycles. The van der Waals surface area contributed by atoms with Crippen LogP contribution >= 0.6 is 0 Å². The Bertz CT molecular complexity index is 412. The summed E-state index contributed by atoms with van der Waals surface area (Å²) in [6.45, 7) is 5.42. The summed E-state index contributed by atoms with van der Waals surface area (Å²) < 4.78 is 0. The van der Waals surface area contributed by atoms with Crippen LogP contribution in [0.15, 0.2) is 12.3 Å². The Morgan fingerprint density at radius 1 is 1.65 bits per heavy atom. The summed E-state index contributed by atoms with van der Waals surface area (Å²) in [5.41, 5.74) is 0.564. The summed E-state index contributed by atoms with van der Waals surface area (Å²) in [5.74, 6) is 0.609. The Morgan fingerprint density at radius 2 is 2.53 bits per heavy atom. The average molecular weight is 231 g/mol. The van der Waals surface area contributed by atoms with Gasteiger partial charge in [-0.2, -0.15) is 10.4 Å². The third-order valence-corrected chi connectivity index (χ3v) is 3.13. The minimum atomic E-state index is 0.368. The maximum Gasteiger partial charge on any atom is 0.166 e. The molecule has 2 rings (SSSR count). The Labute approximate surface area is 101 Å². The minimum Gasteiger partial charge on any atom is -0.363 e. The lowest BCUT2D eigenvalue weighted by atomic mass is 10.1. The van der Waals surface area contributed by atoms with Gasteiger partial charge in [-0.3, -0.25) is 0 Å². The highest BCUT2D eigenvalue weighted by Gasteiger charge is 2.19. The lowest BCUT2D eigenvalue weighted by Crippen LogP contribution is -2.42. The molecule has 2 heterocycles. The van der Waals surface area contributed by atoms with Crippen LogP contribution in [0.3, 0.4) is 0 Å². The molecule has 1 aromatic rings. The number of likely N-dealkylation sites (tertiary alicyclic amines) is 1. The quantitative estimate of drug-likeness (QED) is 0.848. The first-order valence-electron chi connectivity index (χ1n) is 6.04. The maximum absolute atomic E-state index is 8.98. The van der Waals surface area contributed by atoms with E-state index in [0.29, 0.717) is 17.4 Å². The van der Waals surface area contributed by atoms with Crippen molar-refractivity contribution in [2.75, 3.05) is 25.0 Å². The molecule has 90 valence electrons. The van der Waals surface area contributed by atoms with Gasteiger partial charge in [0.1, 0.15) is 6.07 Å². The molecule has 1 N–H and O–H groups in total. The maximum atomic E-state index is 8.98. The van der Waals surface area contributed by atoms with E-state index in [2.05, 4.69) is 33.4 Å². The van der Waals surface area contributed by atoms with Gasteiger partial charge in [0.2, 0.25) is 0 Å². The molecular weight excluding hydrogens is 214 g/mol. The number of nitrogens with one attached hydrogen (secondary N) is 1. The lowest BCUT2D eigenvalue weighted by Gasteiger charge is -2.32. The van der Waals surface area contributed by atoms with Crippen molar-refractivity contribution in [2.24, 2.45) is 0 Å². The standard InChI is InChI=1S/C12H17N5/c1-2-17-7-3-4-11(9-17)15-12-10(8-13)5-6-14-16-12/h5-6,11H,2-4,7,9H2,1H3,(H,15,16). The second-order valence-corrected chi connectivity index (χ2v) is 4.28. The minimum absolute atomic E-state index is 0.368. The van der Waals surface area contributed by atoms with Gasteiger partial charge in [0, 0.05) is 12.6 Å². The van der Waals surface area contributed by atoms with Gasteiger partial charge in [-0.25, -0.2) is 0 Å². The van der Waals surface area contributed by atoms with Crippen molar-refractivity contribution in [2.45, 2.75) is 25.8 Å². The molecule has 1 atom stereocenters. The topological polar surface area (TPSA) is 64.8 Å². The normalized spacial score (nSPS) is 20.8. The average Bonchev–Trinajstić information content (AvgIpc) is 2.39. The first kappa shape index (κ1) is 11.8. The number of anilines is 1. The van der Waals surface area contributed by atoms with Crippen LogP contribution < -0.4 is 5.32 Å². The largest absolute Gasteiger partial charge is 0.363 e. The van der Waals surface area contributed by atoms with E-state index in [1.54, 1.807) is 12.3 Å². The molecule has 0 bridgehead atoms. The molecule has 1 aliphatic rings. The number of rotatable bonds is 3. The molecular formula is C12H17N5. The Morgan fingerprint density at radius 3 is 3.29 bits per heavy atom.